The number of pyridine rings is 1. The molecule has 12 heavy (non-hydrogen) atoms. The van der Waals surface area contributed by atoms with E-state index >= 15 is 0 Å². The van der Waals surface area contributed by atoms with Gasteiger partial charge < -0.3 is 10.3 Å². The van der Waals surface area contributed by atoms with Gasteiger partial charge in [0.2, 0.25) is 0 Å². The Kier molecular flexibility index (Phi) is 1.78. The molecule has 2 aromatic heterocycles. The minimum atomic E-state index is 0.847. The zero-order valence-electron chi connectivity index (χ0n) is 6.49. The molecule has 2 N–H and O–H groups in total. The Bertz CT molecular complexity index is 326. The number of H-pyrrole nitrogens is 1. The highest BCUT2D eigenvalue weighted by Gasteiger charge is 1.92. The summed E-state index contributed by atoms with van der Waals surface area (Å²) < 4.78 is 0. The molecule has 0 saturated heterocycles. The smallest absolute Gasteiger partial charge is 0.131 e. The van der Waals surface area contributed by atoms with Crippen LogP contribution >= 0.6 is 0 Å². The summed E-state index contributed by atoms with van der Waals surface area (Å²) in [5, 5.41) is 3.12. The van der Waals surface area contributed by atoms with Crippen LogP contribution in [0.25, 0.3) is 0 Å². The molecule has 0 saturated carbocycles. The van der Waals surface area contributed by atoms with Gasteiger partial charge >= 0.3 is 0 Å². The van der Waals surface area contributed by atoms with E-state index in [0.29, 0.717) is 0 Å². The molecule has 0 amide bonds. The highest BCUT2D eigenvalue weighted by atomic mass is 15.0. The predicted molar refractivity (Wildman–Crippen MR) is 48.3 cm³/mol. The third kappa shape index (κ3) is 1.45. The quantitative estimate of drug-likeness (QED) is 0.704. The van der Waals surface area contributed by atoms with Crippen LogP contribution in [0.2, 0.25) is 0 Å². The number of nitrogens with zero attached hydrogens (tertiary/aromatic N) is 1. The Balaban J connectivity index is 2.15. The van der Waals surface area contributed by atoms with Crippen molar-refractivity contribution in [3.05, 3.63) is 42.7 Å². The van der Waals surface area contributed by atoms with E-state index in [-0.39, 0.29) is 0 Å². The topological polar surface area (TPSA) is 40.7 Å². The van der Waals surface area contributed by atoms with Gasteiger partial charge in [-0.1, -0.05) is 6.07 Å². The Morgan fingerprint density at radius 1 is 1.17 bits per heavy atom. The molecule has 0 spiro atoms. The number of aromatic amines is 1. The molecule has 0 aliphatic rings. The number of aromatic nitrogens is 2. The van der Waals surface area contributed by atoms with E-state index in [9.17, 15) is 0 Å². The lowest BCUT2D eigenvalue weighted by atomic mass is 10.4. The molecule has 3 heteroatoms. The highest BCUT2D eigenvalue weighted by Crippen LogP contribution is 2.09. The number of anilines is 2. The fourth-order valence-electron chi connectivity index (χ4n) is 0.983. The van der Waals surface area contributed by atoms with Crippen LogP contribution in [-0.2, 0) is 0 Å². The van der Waals surface area contributed by atoms with Crippen molar-refractivity contribution in [1.29, 1.82) is 0 Å². The van der Waals surface area contributed by atoms with E-state index < -0.39 is 0 Å². The zero-order valence-corrected chi connectivity index (χ0v) is 6.49. The van der Waals surface area contributed by atoms with Crippen molar-refractivity contribution in [2.24, 2.45) is 0 Å². The van der Waals surface area contributed by atoms with E-state index in [1.807, 2.05) is 36.5 Å². The second kappa shape index (κ2) is 3.09. The van der Waals surface area contributed by atoms with Crippen LogP contribution in [0.1, 0.15) is 0 Å². The molecule has 0 unspecified atom stereocenters. The molecule has 2 aromatic rings. The summed E-state index contributed by atoms with van der Waals surface area (Å²) in [6.07, 6.45) is 3.62. The molecule has 0 aliphatic heterocycles. The molecule has 0 aliphatic carbocycles. The second-order valence-corrected chi connectivity index (χ2v) is 2.42. The zero-order chi connectivity index (χ0) is 8.23. The molecular weight excluding hydrogens is 150 g/mol. The SMILES string of the molecule is c1ccc(Nc2ccc[nH]2)nc1. The summed E-state index contributed by atoms with van der Waals surface area (Å²) in [5.41, 5.74) is 0. The minimum absolute atomic E-state index is 0.847. The van der Waals surface area contributed by atoms with Gasteiger partial charge in [0.25, 0.3) is 0 Å². The third-order valence-corrected chi connectivity index (χ3v) is 1.53. The van der Waals surface area contributed by atoms with Gasteiger partial charge in [0, 0.05) is 12.4 Å². The first-order valence-corrected chi connectivity index (χ1v) is 3.76. The van der Waals surface area contributed by atoms with Crippen LogP contribution in [0.15, 0.2) is 42.7 Å². The first-order valence-electron chi connectivity index (χ1n) is 3.76. The standard InChI is InChI=1S/C9H9N3/c1-2-6-10-8(4-1)12-9-5-3-7-11-9/h1-7,11H,(H,10,12). The highest BCUT2D eigenvalue weighted by molar-refractivity contribution is 5.50. The first kappa shape index (κ1) is 6.91. The fourth-order valence-corrected chi connectivity index (χ4v) is 0.983. The summed E-state index contributed by atoms with van der Waals surface area (Å²) in [6.45, 7) is 0. The first-order chi connectivity index (χ1) is 5.95. The minimum Gasteiger partial charge on any atom is -0.348 e. The Morgan fingerprint density at radius 3 is 2.83 bits per heavy atom. The van der Waals surface area contributed by atoms with Crippen molar-refractivity contribution >= 4 is 11.6 Å². The van der Waals surface area contributed by atoms with Crippen LogP contribution in [0.5, 0.6) is 0 Å². The van der Waals surface area contributed by atoms with Crippen molar-refractivity contribution in [2.45, 2.75) is 0 Å². The van der Waals surface area contributed by atoms with Crippen molar-refractivity contribution in [1.82, 2.24) is 9.97 Å². The molecule has 60 valence electrons. The van der Waals surface area contributed by atoms with Crippen LogP contribution < -0.4 is 5.32 Å². The normalized spacial score (nSPS) is 9.67. The summed E-state index contributed by atoms with van der Waals surface area (Å²) in [5.74, 6) is 1.80. The van der Waals surface area contributed by atoms with Gasteiger partial charge in [-0.3, -0.25) is 0 Å². The van der Waals surface area contributed by atoms with Gasteiger partial charge in [0.15, 0.2) is 0 Å². The van der Waals surface area contributed by atoms with Gasteiger partial charge in [-0.05, 0) is 24.3 Å². The average molecular weight is 159 g/mol. The Morgan fingerprint density at radius 2 is 2.17 bits per heavy atom. The number of nitrogens with one attached hydrogen (secondary N) is 2. The van der Waals surface area contributed by atoms with Crippen LogP contribution in [-0.4, -0.2) is 9.97 Å². The Labute approximate surface area is 70.5 Å². The van der Waals surface area contributed by atoms with E-state index in [2.05, 4.69) is 15.3 Å². The lowest BCUT2D eigenvalue weighted by Crippen LogP contribution is -1.91. The third-order valence-electron chi connectivity index (χ3n) is 1.53. The molecule has 2 rings (SSSR count). The van der Waals surface area contributed by atoms with Gasteiger partial charge in [-0.2, -0.15) is 0 Å². The lowest BCUT2D eigenvalue weighted by Gasteiger charge is -2.00. The van der Waals surface area contributed by atoms with Gasteiger partial charge in [-0.25, -0.2) is 4.98 Å². The van der Waals surface area contributed by atoms with E-state index in [0.717, 1.165) is 11.6 Å². The molecule has 0 bridgehead atoms. The van der Waals surface area contributed by atoms with Crippen LogP contribution in [0.3, 0.4) is 0 Å². The number of hydrogen-bond donors (Lipinski definition) is 2. The monoisotopic (exact) mass is 159 g/mol. The molecule has 2 heterocycles. The maximum atomic E-state index is 4.12. The average Bonchev–Trinajstić information content (AvgIpc) is 2.59. The second-order valence-electron chi connectivity index (χ2n) is 2.42. The van der Waals surface area contributed by atoms with Crippen LogP contribution in [0.4, 0.5) is 11.6 Å². The lowest BCUT2D eigenvalue weighted by molar-refractivity contribution is 1.28. The molecule has 3 nitrogen and oxygen atoms in total. The number of hydrogen-bond acceptors (Lipinski definition) is 2. The van der Waals surface area contributed by atoms with Crippen molar-refractivity contribution in [3.63, 3.8) is 0 Å². The van der Waals surface area contributed by atoms with E-state index in [1.54, 1.807) is 6.20 Å². The van der Waals surface area contributed by atoms with E-state index in [1.165, 1.54) is 0 Å². The molecule has 0 atom stereocenters. The fraction of sp³-hybridized carbons (Fsp3) is 0. The number of rotatable bonds is 2. The summed E-state index contributed by atoms with van der Waals surface area (Å²) in [4.78, 5) is 7.16. The van der Waals surface area contributed by atoms with Gasteiger partial charge in [0.05, 0.1) is 0 Å². The van der Waals surface area contributed by atoms with Gasteiger partial charge in [0.1, 0.15) is 11.6 Å². The molecular formula is C9H9N3. The molecule has 0 aromatic carbocycles. The van der Waals surface area contributed by atoms with Crippen LogP contribution in [0, 0.1) is 0 Å². The molecule has 0 radical (unpaired) electrons. The van der Waals surface area contributed by atoms with Crippen molar-refractivity contribution in [3.8, 4) is 0 Å². The summed E-state index contributed by atoms with van der Waals surface area (Å²) in [6, 6.07) is 9.64. The maximum Gasteiger partial charge on any atom is 0.131 e. The summed E-state index contributed by atoms with van der Waals surface area (Å²) >= 11 is 0. The largest absolute Gasteiger partial charge is 0.348 e. The van der Waals surface area contributed by atoms with Gasteiger partial charge in [-0.15, -0.1) is 0 Å². The summed E-state index contributed by atoms with van der Waals surface area (Å²) in [7, 11) is 0. The van der Waals surface area contributed by atoms with Crippen molar-refractivity contribution < 1.29 is 0 Å². The van der Waals surface area contributed by atoms with Crippen molar-refractivity contribution in [2.75, 3.05) is 5.32 Å². The maximum absolute atomic E-state index is 4.12. The molecule has 0 fully saturated rings. The van der Waals surface area contributed by atoms with E-state index in [4.69, 9.17) is 0 Å². The Hall–Kier alpha value is -1.77. The predicted octanol–water partition coefficient (Wildman–Crippen LogP) is 2.15.